The summed E-state index contributed by atoms with van der Waals surface area (Å²) in [7, 11) is 0.654. The smallest absolute Gasteiger partial charge is 0.328 e. The van der Waals surface area contributed by atoms with Gasteiger partial charge in [0.05, 0.1) is 29.9 Å². The molecule has 210 valence electrons. The van der Waals surface area contributed by atoms with Gasteiger partial charge in [-0.05, 0) is 25.8 Å². The van der Waals surface area contributed by atoms with E-state index in [4.69, 9.17) is 14.2 Å². The summed E-state index contributed by atoms with van der Waals surface area (Å²) in [5.74, 6) is -0.266. The lowest BCUT2D eigenvalue weighted by atomic mass is 10.2. The number of ether oxygens (including phenoxy) is 3. The molecule has 0 saturated heterocycles. The highest BCUT2D eigenvalue weighted by atomic mass is 32.2. The summed E-state index contributed by atoms with van der Waals surface area (Å²) in [6, 6.07) is 5.76. The normalized spacial score (nSPS) is 11.7. The molecule has 39 heavy (non-hydrogen) atoms. The Balaban J connectivity index is 1.86. The number of sulfonamides is 1. The van der Waals surface area contributed by atoms with Crippen molar-refractivity contribution >= 4 is 26.7 Å². The molecule has 0 radical (unpaired) electrons. The van der Waals surface area contributed by atoms with Crippen molar-refractivity contribution in [3.63, 3.8) is 0 Å². The van der Waals surface area contributed by atoms with Crippen molar-refractivity contribution in [1.82, 2.24) is 18.7 Å². The van der Waals surface area contributed by atoms with Gasteiger partial charge in [0.2, 0.25) is 5.82 Å². The highest BCUT2D eigenvalue weighted by Gasteiger charge is 2.24. The lowest BCUT2D eigenvalue weighted by molar-refractivity contribution is 0.284. The molecule has 0 bridgehead atoms. The van der Waals surface area contributed by atoms with E-state index in [2.05, 4.69) is 9.71 Å². The third kappa shape index (κ3) is 5.58. The van der Waals surface area contributed by atoms with Crippen LogP contribution in [0, 0.1) is 12.7 Å². The molecule has 0 amide bonds. The van der Waals surface area contributed by atoms with Crippen LogP contribution in [0.1, 0.15) is 32.5 Å². The molecular formula is C26H32FN5O6S. The number of benzene rings is 2. The molecule has 11 nitrogen and oxygen atoms in total. The Morgan fingerprint density at radius 1 is 0.923 bits per heavy atom. The van der Waals surface area contributed by atoms with E-state index in [0.717, 1.165) is 6.42 Å². The van der Waals surface area contributed by atoms with Crippen LogP contribution in [0.2, 0.25) is 0 Å². The largest absolute Gasteiger partial charge is 0.493 e. The number of hydrogen-bond acceptors (Lipinski definition) is 7. The molecule has 0 aliphatic heterocycles. The second kappa shape index (κ2) is 11.0. The summed E-state index contributed by atoms with van der Waals surface area (Å²) in [6.45, 7) is 6.18. The monoisotopic (exact) mass is 561 g/mol. The van der Waals surface area contributed by atoms with Crippen LogP contribution in [0.15, 0.2) is 40.3 Å². The van der Waals surface area contributed by atoms with Crippen molar-refractivity contribution < 1.29 is 27.0 Å². The van der Waals surface area contributed by atoms with Gasteiger partial charge in [0.25, 0.3) is 10.0 Å². The number of imidazole rings is 2. The molecule has 2 aromatic carbocycles. The van der Waals surface area contributed by atoms with E-state index in [1.165, 1.54) is 39.6 Å². The number of hydrogen-bond donors (Lipinski definition) is 1. The first kappa shape index (κ1) is 28.0. The average Bonchev–Trinajstić information content (AvgIpc) is 3.35. The maximum absolute atomic E-state index is 15.5. The van der Waals surface area contributed by atoms with E-state index in [-0.39, 0.29) is 40.3 Å². The zero-order valence-electron chi connectivity index (χ0n) is 22.7. The highest BCUT2D eigenvalue weighted by molar-refractivity contribution is 7.92. The molecule has 13 heteroatoms. The third-order valence-corrected chi connectivity index (χ3v) is 7.35. The number of halogens is 1. The van der Waals surface area contributed by atoms with Crippen LogP contribution in [0.25, 0.3) is 11.0 Å². The molecule has 4 aromatic rings. The van der Waals surface area contributed by atoms with Crippen LogP contribution in [0.4, 0.5) is 10.1 Å². The maximum Gasteiger partial charge on any atom is 0.328 e. The molecule has 0 aliphatic rings. The van der Waals surface area contributed by atoms with Crippen LogP contribution in [0.5, 0.6) is 23.0 Å². The van der Waals surface area contributed by atoms with E-state index >= 15 is 4.39 Å². The van der Waals surface area contributed by atoms with Crippen LogP contribution in [-0.2, 0) is 31.2 Å². The third-order valence-electron chi connectivity index (χ3n) is 6.11. The lowest BCUT2D eigenvalue weighted by Crippen LogP contribution is -2.19. The van der Waals surface area contributed by atoms with E-state index in [0.29, 0.717) is 35.6 Å². The second-order valence-corrected chi connectivity index (χ2v) is 10.7. The first-order valence-corrected chi connectivity index (χ1v) is 13.9. The quantitative estimate of drug-likeness (QED) is 0.291. The molecule has 0 spiro atoms. The molecule has 4 rings (SSSR count). The van der Waals surface area contributed by atoms with Crippen LogP contribution in [-0.4, -0.2) is 40.3 Å². The second-order valence-electron chi connectivity index (χ2n) is 9.11. The fourth-order valence-corrected chi connectivity index (χ4v) is 5.01. The summed E-state index contributed by atoms with van der Waals surface area (Å²) in [6.07, 6.45) is 2.77. The number of nitrogens with zero attached hydrogens (tertiary/aromatic N) is 4. The number of anilines is 1. The Kier molecular flexibility index (Phi) is 7.91. The molecule has 0 atom stereocenters. The van der Waals surface area contributed by atoms with Gasteiger partial charge in [0.15, 0.2) is 22.3 Å². The van der Waals surface area contributed by atoms with Gasteiger partial charge in [0.1, 0.15) is 11.6 Å². The van der Waals surface area contributed by atoms with Crippen molar-refractivity contribution in [1.29, 1.82) is 0 Å². The highest BCUT2D eigenvalue weighted by Crippen LogP contribution is 2.40. The average molecular weight is 562 g/mol. The standard InChI is InChI=1S/C26H32FN5O6S/c1-7-9-36-17-11-22(37-10-8-2)25(27)23(12-17)38-21-14-20-19(31(5)26(33)32(20)6)13-18(21)29-39(34,35)24-15-30(4)16(3)28-24/h11-15,29H,7-10H2,1-6H3. The van der Waals surface area contributed by atoms with Gasteiger partial charge in [-0.2, -0.15) is 12.8 Å². The van der Waals surface area contributed by atoms with E-state index < -0.39 is 15.8 Å². The first-order chi connectivity index (χ1) is 18.5. The first-order valence-electron chi connectivity index (χ1n) is 12.5. The molecule has 2 aromatic heterocycles. The molecule has 0 saturated carbocycles. The van der Waals surface area contributed by atoms with Crippen LogP contribution < -0.4 is 24.6 Å². The van der Waals surface area contributed by atoms with E-state index in [1.54, 1.807) is 32.6 Å². The van der Waals surface area contributed by atoms with Crippen molar-refractivity contribution in [3.05, 3.63) is 52.6 Å². The maximum atomic E-state index is 15.5. The van der Waals surface area contributed by atoms with Crippen molar-refractivity contribution in [2.24, 2.45) is 21.1 Å². The zero-order chi connectivity index (χ0) is 28.5. The minimum absolute atomic E-state index is 0.0117. The molecular weight excluding hydrogens is 529 g/mol. The summed E-state index contributed by atoms with van der Waals surface area (Å²) in [5.41, 5.74) is 0.558. The molecule has 1 N–H and O–H groups in total. The van der Waals surface area contributed by atoms with Gasteiger partial charge in [-0.15, -0.1) is 0 Å². The number of nitrogens with one attached hydrogen (secondary N) is 1. The van der Waals surface area contributed by atoms with Crippen molar-refractivity contribution in [2.75, 3.05) is 17.9 Å². The number of fused-ring (bicyclic) bond motifs is 1. The van der Waals surface area contributed by atoms with E-state index in [9.17, 15) is 13.2 Å². The van der Waals surface area contributed by atoms with Crippen LogP contribution >= 0.6 is 0 Å². The summed E-state index contributed by atoms with van der Waals surface area (Å²) in [5, 5.41) is -0.202. The SMILES string of the molecule is CCCOc1cc(OCCC)c(F)c(Oc2cc3c(cc2NS(=O)(=O)c2cn(C)c(C)n2)n(C)c(=O)n3C)c1. The Hall–Kier alpha value is -4.00. The predicted molar refractivity (Wildman–Crippen MR) is 145 cm³/mol. The molecule has 2 heterocycles. The van der Waals surface area contributed by atoms with Crippen molar-refractivity contribution in [3.8, 4) is 23.0 Å². The Bertz CT molecular complexity index is 1670. The summed E-state index contributed by atoms with van der Waals surface area (Å²) < 4.78 is 66.1. The van der Waals surface area contributed by atoms with Gasteiger partial charge < -0.3 is 18.8 Å². The molecule has 0 fully saturated rings. The Labute approximate surface area is 225 Å². The fraction of sp³-hybridized carbons (Fsp3) is 0.385. The fourth-order valence-electron chi connectivity index (χ4n) is 3.90. The summed E-state index contributed by atoms with van der Waals surface area (Å²) in [4.78, 5) is 16.7. The van der Waals surface area contributed by atoms with Gasteiger partial charge in [-0.25, -0.2) is 9.78 Å². The van der Waals surface area contributed by atoms with Gasteiger partial charge in [-0.1, -0.05) is 13.8 Å². The summed E-state index contributed by atoms with van der Waals surface area (Å²) >= 11 is 0. The minimum atomic E-state index is -4.16. The van der Waals surface area contributed by atoms with Gasteiger partial charge in [0, 0.05) is 45.5 Å². The van der Waals surface area contributed by atoms with Crippen LogP contribution in [0.3, 0.4) is 0 Å². The number of rotatable bonds is 11. The Morgan fingerprint density at radius 3 is 2.15 bits per heavy atom. The number of aromatic nitrogens is 4. The number of aryl methyl sites for hydroxylation is 4. The lowest BCUT2D eigenvalue weighted by Gasteiger charge is -2.17. The molecule has 0 unspecified atom stereocenters. The van der Waals surface area contributed by atoms with Gasteiger partial charge in [-0.3, -0.25) is 13.9 Å². The molecule has 0 aliphatic carbocycles. The van der Waals surface area contributed by atoms with E-state index in [1.807, 2.05) is 13.8 Å². The van der Waals surface area contributed by atoms with Gasteiger partial charge >= 0.3 is 5.69 Å². The predicted octanol–water partition coefficient (Wildman–Crippen LogP) is 4.23. The Morgan fingerprint density at radius 2 is 1.54 bits per heavy atom. The minimum Gasteiger partial charge on any atom is -0.493 e. The zero-order valence-corrected chi connectivity index (χ0v) is 23.6. The topological polar surface area (TPSA) is 119 Å². The van der Waals surface area contributed by atoms with Crippen molar-refractivity contribution in [2.45, 2.75) is 38.6 Å².